The lowest BCUT2D eigenvalue weighted by Crippen LogP contribution is -2.25. The van der Waals surface area contributed by atoms with Gasteiger partial charge in [-0.05, 0) is 35.7 Å². The molecule has 23 heavy (non-hydrogen) atoms. The van der Waals surface area contributed by atoms with Crippen molar-refractivity contribution < 1.29 is 9.72 Å². The van der Waals surface area contributed by atoms with Crippen LogP contribution < -0.4 is 5.32 Å². The highest BCUT2D eigenvalue weighted by Gasteiger charge is 2.24. The van der Waals surface area contributed by atoms with Crippen LogP contribution in [0, 0.1) is 16.0 Å². The first-order valence-electron chi connectivity index (χ1n) is 7.19. The zero-order chi connectivity index (χ0) is 17.0. The number of nitro benzene ring substituents is 1. The molecule has 1 N–H and O–H groups in total. The smallest absolute Gasteiger partial charge is 0.269 e. The number of nitrogens with one attached hydrogen (secondary N) is 1. The van der Waals surface area contributed by atoms with E-state index in [0.29, 0.717) is 5.69 Å². The number of carbonyl (C=O) groups excluding carboxylic acids is 1. The molecular formula is C17H17BrN2O3. The summed E-state index contributed by atoms with van der Waals surface area (Å²) >= 11 is 3.35. The zero-order valence-corrected chi connectivity index (χ0v) is 14.4. The number of nitro groups is 1. The molecule has 0 aromatic heterocycles. The predicted octanol–water partition coefficient (Wildman–Crippen LogP) is 4.74. The van der Waals surface area contributed by atoms with Crippen molar-refractivity contribution in [2.75, 3.05) is 5.32 Å². The molecule has 0 spiro atoms. The third-order valence-electron chi connectivity index (χ3n) is 3.52. The number of hydrogen-bond donors (Lipinski definition) is 1. The van der Waals surface area contributed by atoms with Crippen molar-refractivity contribution in [2.24, 2.45) is 5.92 Å². The summed E-state index contributed by atoms with van der Waals surface area (Å²) in [5.74, 6) is -0.442. The summed E-state index contributed by atoms with van der Waals surface area (Å²) < 4.78 is 0.936. The Morgan fingerprint density at radius 3 is 2.13 bits per heavy atom. The second-order valence-corrected chi connectivity index (χ2v) is 6.48. The first kappa shape index (κ1) is 17.1. The summed E-state index contributed by atoms with van der Waals surface area (Å²) in [7, 11) is 0. The van der Waals surface area contributed by atoms with Crippen molar-refractivity contribution in [2.45, 2.75) is 19.8 Å². The van der Waals surface area contributed by atoms with Gasteiger partial charge in [0, 0.05) is 22.3 Å². The van der Waals surface area contributed by atoms with Crippen LogP contribution in [0.25, 0.3) is 0 Å². The molecule has 6 heteroatoms. The van der Waals surface area contributed by atoms with Gasteiger partial charge in [0.25, 0.3) is 5.69 Å². The van der Waals surface area contributed by atoms with Crippen molar-refractivity contribution in [3.8, 4) is 0 Å². The van der Waals surface area contributed by atoms with Crippen molar-refractivity contribution in [1.29, 1.82) is 0 Å². The molecule has 0 saturated heterocycles. The molecule has 0 aliphatic heterocycles. The van der Waals surface area contributed by atoms with Gasteiger partial charge in [-0.1, -0.05) is 41.9 Å². The monoisotopic (exact) mass is 376 g/mol. The Morgan fingerprint density at radius 1 is 1.09 bits per heavy atom. The third kappa shape index (κ3) is 4.39. The SMILES string of the molecule is CC(C)C(C(=O)Nc1ccc(Br)cc1)c1ccc([N+](=O)[O-])cc1. The second kappa shape index (κ2) is 7.37. The summed E-state index contributed by atoms with van der Waals surface area (Å²) in [6.45, 7) is 3.90. The Morgan fingerprint density at radius 2 is 1.65 bits per heavy atom. The number of rotatable bonds is 5. The molecule has 2 rings (SSSR count). The molecule has 0 aliphatic rings. The number of hydrogen-bond acceptors (Lipinski definition) is 3. The summed E-state index contributed by atoms with van der Waals surface area (Å²) in [6.07, 6.45) is 0. The standard InChI is InChI=1S/C17H17BrN2O3/c1-11(2)16(12-3-9-15(10-4-12)20(22)23)17(21)19-14-7-5-13(18)6-8-14/h3-11,16H,1-2H3,(H,19,21). The Balaban J connectivity index is 2.21. The number of amides is 1. The molecule has 0 aliphatic carbocycles. The fraction of sp³-hybridized carbons (Fsp3) is 0.235. The summed E-state index contributed by atoms with van der Waals surface area (Å²) in [6, 6.07) is 13.5. The fourth-order valence-corrected chi connectivity index (χ4v) is 2.66. The third-order valence-corrected chi connectivity index (χ3v) is 4.05. The quantitative estimate of drug-likeness (QED) is 0.605. The molecule has 2 aromatic carbocycles. The van der Waals surface area contributed by atoms with Crippen molar-refractivity contribution in [3.63, 3.8) is 0 Å². The number of anilines is 1. The highest BCUT2D eigenvalue weighted by atomic mass is 79.9. The van der Waals surface area contributed by atoms with Gasteiger partial charge in [0.2, 0.25) is 5.91 Å². The minimum Gasteiger partial charge on any atom is -0.326 e. The van der Waals surface area contributed by atoms with E-state index >= 15 is 0 Å². The molecular weight excluding hydrogens is 360 g/mol. The fourth-order valence-electron chi connectivity index (χ4n) is 2.40. The van der Waals surface area contributed by atoms with Crippen molar-refractivity contribution in [3.05, 3.63) is 68.7 Å². The lowest BCUT2D eigenvalue weighted by molar-refractivity contribution is -0.384. The van der Waals surface area contributed by atoms with E-state index < -0.39 is 4.92 Å². The normalized spacial score (nSPS) is 12.0. The Bertz CT molecular complexity index is 697. The average molecular weight is 377 g/mol. The molecule has 0 fully saturated rings. The average Bonchev–Trinajstić information content (AvgIpc) is 2.50. The van der Waals surface area contributed by atoms with E-state index in [2.05, 4.69) is 21.2 Å². The van der Waals surface area contributed by atoms with Crippen LogP contribution in [0.3, 0.4) is 0 Å². The van der Waals surface area contributed by atoms with Gasteiger partial charge in [0.05, 0.1) is 10.8 Å². The number of non-ortho nitro benzene ring substituents is 1. The minimum atomic E-state index is -0.448. The highest BCUT2D eigenvalue weighted by molar-refractivity contribution is 9.10. The topological polar surface area (TPSA) is 72.2 Å². The first-order valence-corrected chi connectivity index (χ1v) is 7.98. The van der Waals surface area contributed by atoms with Gasteiger partial charge < -0.3 is 5.32 Å². The Kier molecular flexibility index (Phi) is 5.50. The van der Waals surface area contributed by atoms with Crippen LogP contribution in [-0.4, -0.2) is 10.8 Å². The van der Waals surface area contributed by atoms with Crippen LogP contribution in [0.2, 0.25) is 0 Å². The van der Waals surface area contributed by atoms with Gasteiger partial charge in [0.15, 0.2) is 0 Å². The van der Waals surface area contributed by atoms with Crippen LogP contribution in [0.4, 0.5) is 11.4 Å². The highest BCUT2D eigenvalue weighted by Crippen LogP contribution is 2.28. The number of carbonyl (C=O) groups is 1. The van der Waals surface area contributed by atoms with E-state index in [0.717, 1.165) is 10.0 Å². The van der Waals surface area contributed by atoms with Gasteiger partial charge in [-0.3, -0.25) is 14.9 Å². The molecule has 0 heterocycles. The molecule has 0 radical (unpaired) electrons. The molecule has 120 valence electrons. The minimum absolute atomic E-state index is 0.0181. The van der Waals surface area contributed by atoms with E-state index in [1.807, 2.05) is 38.1 Å². The lowest BCUT2D eigenvalue weighted by atomic mass is 9.87. The molecule has 1 unspecified atom stereocenters. The van der Waals surface area contributed by atoms with E-state index in [1.54, 1.807) is 12.1 Å². The van der Waals surface area contributed by atoms with Crippen molar-refractivity contribution in [1.82, 2.24) is 0 Å². The summed E-state index contributed by atoms with van der Waals surface area (Å²) in [5.41, 5.74) is 1.50. The maximum atomic E-state index is 12.6. The summed E-state index contributed by atoms with van der Waals surface area (Å²) in [5, 5.41) is 13.6. The van der Waals surface area contributed by atoms with Crippen molar-refractivity contribution >= 4 is 33.2 Å². The molecule has 2 aromatic rings. The van der Waals surface area contributed by atoms with E-state index in [-0.39, 0.29) is 23.4 Å². The lowest BCUT2D eigenvalue weighted by Gasteiger charge is -2.20. The molecule has 0 bridgehead atoms. The Labute approximate surface area is 143 Å². The van der Waals surface area contributed by atoms with E-state index in [1.165, 1.54) is 12.1 Å². The number of halogens is 1. The van der Waals surface area contributed by atoms with Crippen LogP contribution in [0.15, 0.2) is 53.0 Å². The van der Waals surface area contributed by atoms with Gasteiger partial charge in [-0.15, -0.1) is 0 Å². The van der Waals surface area contributed by atoms with Crippen LogP contribution in [-0.2, 0) is 4.79 Å². The first-order chi connectivity index (χ1) is 10.9. The molecule has 1 amide bonds. The molecule has 0 saturated carbocycles. The van der Waals surface area contributed by atoms with Gasteiger partial charge in [-0.2, -0.15) is 0 Å². The summed E-state index contributed by atoms with van der Waals surface area (Å²) in [4.78, 5) is 22.9. The van der Waals surface area contributed by atoms with E-state index in [9.17, 15) is 14.9 Å². The van der Waals surface area contributed by atoms with E-state index in [4.69, 9.17) is 0 Å². The zero-order valence-electron chi connectivity index (χ0n) is 12.8. The number of nitrogens with zero attached hydrogens (tertiary/aromatic N) is 1. The number of benzene rings is 2. The van der Waals surface area contributed by atoms with Gasteiger partial charge in [0.1, 0.15) is 0 Å². The second-order valence-electron chi connectivity index (χ2n) is 5.57. The van der Waals surface area contributed by atoms with Gasteiger partial charge >= 0.3 is 0 Å². The largest absolute Gasteiger partial charge is 0.326 e. The molecule has 1 atom stereocenters. The van der Waals surface area contributed by atoms with Crippen LogP contribution >= 0.6 is 15.9 Å². The molecule has 5 nitrogen and oxygen atoms in total. The van der Waals surface area contributed by atoms with Gasteiger partial charge in [-0.25, -0.2) is 0 Å². The Hall–Kier alpha value is -2.21. The predicted molar refractivity (Wildman–Crippen MR) is 93.4 cm³/mol. The van der Waals surface area contributed by atoms with Crippen LogP contribution in [0.1, 0.15) is 25.3 Å². The van der Waals surface area contributed by atoms with Crippen LogP contribution in [0.5, 0.6) is 0 Å². The maximum Gasteiger partial charge on any atom is 0.269 e. The maximum absolute atomic E-state index is 12.6.